The van der Waals surface area contributed by atoms with Gasteiger partial charge in [0.25, 0.3) is 11.8 Å². The molecule has 0 fully saturated rings. The predicted octanol–water partition coefficient (Wildman–Crippen LogP) is 1.47. The first-order chi connectivity index (χ1) is 14.9. The summed E-state index contributed by atoms with van der Waals surface area (Å²) >= 11 is 0. The molecule has 2 aromatic rings. The van der Waals surface area contributed by atoms with Gasteiger partial charge in [-0.15, -0.1) is 0 Å². The average molecular weight is 429 g/mol. The third-order valence-corrected chi connectivity index (χ3v) is 3.79. The number of hydrogen-bond acceptors (Lipinski definition) is 7. The Hall–Kier alpha value is -4.08. The minimum absolute atomic E-state index is 0.284. The summed E-state index contributed by atoms with van der Waals surface area (Å²) in [5, 5.41) is 6.87. The number of ether oxygens (including phenoxy) is 3. The molecule has 2 aromatic carbocycles. The number of esters is 1. The number of anilines is 1. The molecule has 0 unspecified atom stereocenters. The third kappa shape index (κ3) is 8.44. The molecule has 4 amide bonds. The highest BCUT2D eigenvalue weighted by atomic mass is 16.5. The smallest absolute Gasteiger partial charge is 0.328 e. The van der Waals surface area contributed by atoms with Crippen LogP contribution in [0.15, 0.2) is 54.6 Å². The largest absolute Gasteiger partial charge is 0.497 e. The Labute approximate surface area is 178 Å². The second kappa shape index (κ2) is 11.8. The van der Waals surface area contributed by atoms with Crippen LogP contribution in [-0.4, -0.2) is 50.2 Å². The molecule has 0 bridgehead atoms. The summed E-state index contributed by atoms with van der Waals surface area (Å²) in [7, 11) is 1.51. The number of hydrogen-bond donors (Lipinski definition) is 3. The second-order valence-electron chi connectivity index (χ2n) is 6.23. The molecule has 164 valence electrons. The molecule has 2 rings (SSSR count). The highest BCUT2D eigenvalue weighted by Gasteiger charge is 2.19. The van der Waals surface area contributed by atoms with E-state index >= 15 is 0 Å². The van der Waals surface area contributed by atoms with E-state index in [2.05, 4.69) is 10.6 Å². The van der Waals surface area contributed by atoms with Gasteiger partial charge in [-0.2, -0.15) is 0 Å². The van der Waals surface area contributed by atoms with Crippen molar-refractivity contribution >= 4 is 29.5 Å². The van der Waals surface area contributed by atoms with Gasteiger partial charge in [-0.25, -0.2) is 9.59 Å². The molecule has 0 saturated heterocycles. The van der Waals surface area contributed by atoms with Gasteiger partial charge in [0.2, 0.25) is 0 Å². The maximum Gasteiger partial charge on any atom is 0.328 e. The number of benzene rings is 2. The fourth-order valence-electron chi connectivity index (χ4n) is 2.27. The van der Waals surface area contributed by atoms with Crippen molar-refractivity contribution < 1.29 is 33.4 Å². The number of nitrogens with one attached hydrogen (secondary N) is 3. The van der Waals surface area contributed by atoms with E-state index in [4.69, 9.17) is 14.2 Å². The molecule has 0 aliphatic carbocycles. The molecular weight excluding hydrogens is 406 g/mol. The fourth-order valence-corrected chi connectivity index (χ4v) is 2.27. The Balaban J connectivity index is 1.66. The monoisotopic (exact) mass is 429 g/mol. The van der Waals surface area contributed by atoms with E-state index in [0.717, 1.165) is 0 Å². The van der Waals surface area contributed by atoms with Crippen LogP contribution in [0, 0.1) is 0 Å². The van der Waals surface area contributed by atoms with Gasteiger partial charge in [0, 0.05) is 5.69 Å². The summed E-state index contributed by atoms with van der Waals surface area (Å²) in [6.45, 7) is 0.431. The lowest BCUT2D eigenvalue weighted by molar-refractivity contribution is -0.151. The summed E-state index contributed by atoms with van der Waals surface area (Å²) in [5.41, 5.74) is 0.442. The van der Waals surface area contributed by atoms with E-state index in [1.807, 2.05) is 11.4 Å². The van der Waals surface area contributed by atoms with Crippen molar-refractivity contribution in [2.45, 2.75) is 13.0 Å². The molecule has 0 saturated carbocycles. The number of urea groups is 1. The first-order valence-corrected chi connectivity index (χ1v) is 9.26. The number of imide groups is 1. The van der Waals surface area contributed by atoms with Gasteiger partial charge in [-0.1, -0.05) is 18.2 Å². The van der Waals surface area contributed by atoms with Crippen LogP contribution in [0.25, 0.3) is 0 Å². The number of amides is 4. The number of methoxy groups -OCH3 is 1. The molecular formula is C21H23N3O7. The summed E-state index contributed by atoms with van der Waals surface area (Å²) in [6, 6.07) is 13.4. The zero-order valence-electron chi connectivity index (χ0n) is 17.0. The summed E-state index contributed by atoms with van der Waals surface area (Å²) in [4.78, 5) is 47.3. The van der Waals surface area contributed by atoms with Crippen LogP contribution < -0.4 is 25.4 Å². The van der Waals surface area contributed by atoms with Gasteiger partial charge in [0.1, 0.15) is 17.5 Å². The predicted molar refractivity (Wildman–Crippen MR) is 111 cm³/mol. The zero-order chi connectivity index (χ0) is 22.6. The van der Waals surface area contributed by atoms with Gasteiger partial charge in [-0.05, 0) is 43.3 Å². The standard InChI is InChI=1S/C21H23N3O7/c1-14(22-18(25)12-30-17-6-4-3-5-7-17)20(27)31-13-19(26)24-21(28)23-15-8-10-16(29-2)11-9-15/h3-11,14H,12-13H2,1-2H3,(H,22,25)(H2,23,24,26,28)/t14-/m1/s1. The van der Waals surface area contributed by atoms with Crippen LogP contribution in [0.1, 0.15) is 6.92 Å². The van der Waals surface area contributed by atoms with Crippen LogP contribution in [0.3, 0.4) is 0 Å². The SMILES string of the molecule is COc1ccc(NC(=O)NC(=O)COC(=O)[C@@H](C)NC(=O)COc2ccccc2)cc1. The molecule has 0 radical (unpaired) electrons. The third-order valence-electron chi connectivity index (χ3n) is 3.79. The zero-order valence-corrected chi connectivity index (χ0v) is 17.0. The molecule has 0 aliphatic rings. The van der Waals surface area contributed by atoms with Crippen molar-refractivity contribution in [1.82, 2.24) is 10.6 Å². The number of carbonyl (C=O) groups excluding carboxylic acids is 4. The lowest BCUT2D eigenvalue weighted by atomic mass is 10.3. The van der Waals surface area contributed by atoms with Gasteiger partial charge >= 0.3 is 12.0 Å². The molecule has 3 N–H and O–H groups in total. The van der Waals surface area contributed by atoms with Crippen molar-refractivity contribution in [1.29, 1.82) is 0 Å². The Morgan fingerprint density at radius 3 is 2.19 bits per heavy atom. The Morgan fingerprint density at radius 2 is 1.55 bits per heavy atom. The lowest BCUT2D eigenvalue weighted by Crippen LogP contribution is -2.43. The highest BCUT2D eigenvalue weighted by Crippen LogP contribution is 2.14. The Morgan fingerprint density at radius 1 is 0.871 bits per heavy atom. The fraction of sp³-hybridized carbons (Fsp3) is 0.238. The van der Waals surface area contributed by atoms with Crippen molar-refractivity contribution in [3.05, 3.63) is 54.6 Å². The first-order valence-electron chi connectivity index (χ1n) is 9.26. The lowest BCUT2D eigenvalue weighted by Gasteiger charge is -2.14. The maximum atomic E-state index is 11.9. The molecule has 0 aromatic heterocycles. The van der Waals surface area contributed by atoms with Crippen molar-refractivity contribution in [2.75, 3.05) is 25.6 Å². The maximum absolute atomic E-state index is 11.9. The normalized spacial score (nSPS) is 10.9. The number of rotatable bonds is 9. The van der Waals surface area contributed by atoms with Gasteiger partial charge in [0.15, 0.2) is 13.2 Å². The van der Waals surface area contributed by atoms with Crippen LogP contribution in [0.4, 0.5) is 10.5 Å². The average Bonchev–Trinajstić information content (AvgIpc) is 2.77. The van der Waals surface area contributed by atoms with Crippen LogP contribution in [-0.2, 0) is 19.1 Å². The molecule has 1 atom stereocenters. The molecule has 10 nitrogen and oxygen atoms in total. The second-order valence-corrected chi connectivity index (χ2v) is 6.23. The van der Waals surface area contributed by atoms with E-state index in [-0.39, 0.29) is 6.61 Å². The van der Waals surface area contributed by atoms with Gasteiger partial charge < -0.3 is 24.8 Å². The topological polar surface area (TPSA) is 132 Å². The summed E-state index contributed by atoms with van der Waals surface area (Å²) in [6.07, 6.45) is 0. The Bertz CT molecular complexity index is 901. The van der Waals surface area contributed by atoms with Crippen LogP contribution >= 0.6 is 0 Å². The van der Waals surface area contributed by atoms with E-state index in [0.29, 0.717) is 17.2 Å². The van der Waals surface area contributed by atoms with Crippen LogP contribution in [0.2, 0.25) is 0 Å². The molecule has 10 heteroatoms. The first kappa shape index (κ1) is 23.2. The molecule has 0 heterocycles. The Kier molecular flexibility index (Phi) is 8.84. The number of carbonyl (C=O) groups is 4. The van der Waals surface area contributed by atoms with E-state index in [1.54, 1.807) is 48.5 Å². The van der Waals surface area contributed by atoms with Crippen molar-refractivity contribution in [3.8, 4) is 11.5 Å². The van der Waals surface area contributed by atoms with Crippen molar-refractivity contribution in [2.24, 2.45) is 0 Å². The summed E-state index contributed by atoms with van der Waals surface area (Å²) in [5.74, 6) is -1.07. The van der Waals surface area contributed by atoms with Crippen LogP contribution in [0.5, 0.6) is 11.5 Å². The highest BCUT2D eigenvalue weighted by molar-refractivity contribution is 6.02. The minimum Gasteiger partial charge on any atom is -0.497 e. The summed E-state index contributed by atoms with van der Waals surface area (Å²) < 4.78 is 15.1. The van der Waals surface area contributed by atoms with Crippen molar-refractivity contribution in [3.63, 3.8) is 0 Å². The van der Waals surface area contributed by atoms with Gasteiger partial charge in [0.05, 0.1) is 7.11 Å². The molecule has 0 spiro atoms. The molecule has 0 aliphatic heterocycles. The molecule has 31 heavy (non-hydrogen) atoms. The van der Waals surface area contributed by atoms with E-state index in [9.17, 15) is 19.2 Å². The van der Waals surface area contributed by atoms with E-state index in [1.165, 1.54) is 14.0 Å². The quantitative estimate of drug-likeness (QED) is 0.514. The minimum atomic E-state index is -1.01. The van der Waals surface area contributed by atoms with Gasteiger partial charge in [-0.3, -0.25) is 14.9 Å². The van der Waals surface area contributed by atoms with E-state index < -0.39 is 36.5 Å². The number of para-hydroxylation sites is 1.